The van der Waals surface area contributed by atoms with Gasteiger partial charge in [0.05, 0.1) is 10.2 Å². The Labute approximate surface area is 137 Å². The Balaban J connectivity index is 1.54. The van der Waals surface area contributed by atoms with E-state index in [1.165, 1.54) is 16.2 Å². The first-order chi connectivity index (χ1) is 10.8. The van der Waals surface area contributed by atoms with Crippen LogP contribution in [0.25, 0.3) is 10.2 Å². The Hall–Kier alpha value is -1.72. The number of benzene rings is 1. The van der Waals surface area contributed by atoms with Crippen molar-refractivity contribution in [2.24, 2.45) is 0 Å². The summed E-state index contributed by atoms with van der Waals surface area (Å²) in [5, 5.41) is 2.71. The van der Waals surface area contributed by atoms with Gasteiger partial charge in [0.2, 0.25) is 0 Å². The highest BCUT2D eigenvalue weighted by molar-refractivity contribution is 7.20. The van der Waals surface area contributed by atoms with E-state index in [9.17, 15) is 4.79 Å². The van der Waals surface area contributed by atoms with Gasteiger partial charge in [-0.3, -0.25) is 4.79 Å². The molecule has 3 aromatic rings. The molecule has 0 unspecified atom stereocenters. The average Bonchev–Trinajstić information content (AvgIpc) is 3.07. The first-order valence-corrected chi connectivity index (χ1v) is 9.20. The number of hydrogen-bond donors (Lipinski definition) is 0. The van der Waals surface area contributed by atoms with Crippen LogP contribution in [0.15, 0.2) is 41.8 Å². The van der Waals surface area contributed by atoms with Crippen LogP contribution in [0.1, 0.15) is 27.5 Å². The van der Waals surface area contributed by atoms with E-state index in [0.29, 0.717) is 11.0 Å². The molecule has 4 rings (SSSR count). The van der Waals surface area contributed by atoms with Crippen molar-refractivity contribution >= 4 is 38.8 Å². The zero-order chi connectivity index (χ0) is 14.9. The molecule has 2 aromatic heterocycles. The number of thiazole rings is 1. The van der Waals surface area contributed by atoms with Crippen LogP contribution in [0.5, 0.6) is 0 Å². The average molecular weight is 328 g/mol. The largest absolute Gasteiger partial charge is 0.333 e. The Morgan fingerprint density at radius 3 is 2.82 bits per heavy atom. The Morgan fingerprint density at radius 1 is 1.23 bits per heavy atom. The van der Waals surface area contributed by atoms with Crippen molar-refractivity contribution in [3.05, 3.63) is 51.7 Å². The van der Waals surface area contributed by atoms with E-state index < -0.39 is 0 Å². The number of carbonyl (C=O) groups is 1. The molecule has 0 radical (unpaired) electrons. The Bertz CT molecular complexity index is 757. The summed E-state index contributed by atoms with van der Waals surface area (Å²) in [5.74, 6) is 0.0975. The summed E-state index contributed by atoms with van der Waals surface area (Å²) in [6, 6.07) is 12.6. The van der Waals surface area contributed by atoms with E-state index >= 15 is 0 Å². The normalized spacial score (nSPS) is 14.4. The van der Waals surface area contributed by atoms with Crippen molar-refractivity contribution in [2.75, 3.05) is 6.54 Å². The number of thiophene rings is 1. The van der Waals surface area contributed by atoms with Crippen LogP contribution < -0.4 is 0 Å². The van der Waals surface area contributed by atoms with E-state index in [0.717, 1.165) is 36.0 Å². The molecule has 0 N–H and O–H groups in total. The van der Waals surface area contributed by atoms with Gasteiger partial charge in [-0.25, -0.2) is 4.98 Å². The summed E-state index contributed by atoms with van der Waals surface area (Å²) in [4.78, 5) is 20.7. The van der Waals surface area contributed by atoms with Crippen molar-refractivity contribution in [1.82, 2.24) is 9.88 Å². The van der Waals surface area contributed by atoms with E-state index in [-0.39, 0.29) is 5.91 Å². The molecule has 0 bridgehead atoms. The first-order valence-electron chi connectivity index (χ1n) is 7.50. The van der Waals surface area contributed by atoms with Crippen LogP contribution in [0.2, 0.25) is 0 Å². The minimum atomic E-state index is 0.0975. The van der Waals surface area contributed by atoms with E-state index in [1.54, 1.807) is 11.3 Å². The van der Waals surface area contributed by atoms with E-state index in [2.05, 4.69) is 22.5 Å². The van der Waals surface area contributed by atoms with Gasteiger partial charge in [-0.2, -0.15) is 0 Å². The third kappa shape index (κ3) is 2.78. The fourth-order valence-electron chi connectivity index (χ4n) is 2.61. The lowest BCUT2D eigenvalue weighted by Gasteiger charge is -2.20. The number of para-hydroxylation sites is 1. The van der Waals surface area contributed by atoms with Crippen molar-refractivity contribution in [3.63, 3.8) is 0 Å². The molecule has 5 heteroatoms. The topological polar surface area (TPSA) is 33.2 Å². The van der Waals surface area contributed by atoms with Crippen LogP contribution in [0.4, 0.5) is 0 Å². The molecule has 1 aromatic carbocycles. The molecule has 1 amide bonds. The van der Waals surface area contributed by atoms with Crippen LogP contribution in [-0.4, -0.2) is 28.4 Å². The number of hydrogen-bond acceptors (Lipinski definition) is 4. The number of fused-ring (bicyclic) bond motifs is 1. The van der Waals surface area contributed by atoms with Crippen LogP contribution >= 0.6 is 22.7 Å². The van der Waals surface area contributed by atoms with Gasteiger partial charge in [-0.1, -0.05) is 18.2 Å². The minimum absolute atomic E-state index is 0.0975. The van der Waals surface area contributed by atoms with Gasteiger partial charge in [-0.05, 0) is 42.8 Å². The van der Waals surface area contributed by atoms with Crippen molar-refractivity contribution in [3.8, 4) is 0 Å². The fraction of sp³-hybridized carbons (Fsp3) is 0.294. The van der Waals surface area contributed by atoms with Crippen molar-refractivity contribution < 1.29 is 4.79 Å². The van der Waals surface area contributed by atoms with Crippen LogP contribution in [0, 0.1) is 0 Å². The lowest BCUT2D eigenvalue weighted by atomic mass is 10.3. The monoisotopic (exact) mass is 328 g/mol. The summed E-state index contributed by atoms with van der Waals surface area (Å²) in [7, 11) is 0. The number of rotatable bonds is 5. The molecule has 1 saturated carbocycles. The highest BCUT2D eigenvalue weighted by Crippen LogP contribution is 2.30. The SMILES string of the molecule is O=C(c1nc2ccccc2s1)N(CCc1cccs1)C1CC1. The Kier molecular flexibility index (Phi) is 3.68. The molecule has 1 aliphatic carbocycles. The Morgan fingerprint density at radius 2 is 2.09 bits per heavy atom. The third-order valence-corrected chi connectivity index (χ3v) is 5.87. The zero-order valence-corrected chi connectivity index (χ0v) is 13.7. The maximum atomic E-state index is 12.8. The molecular formula is C17H16N2OS2. The lowest BCUT2D eigenvalue weighted by molar-refractivity contribution is 0.0745. The van der Waals surface area contributed by atoms with Gasteiger partial charge in [-0.15, -0.1) is 22.7 Å². The highest BCUT2D eigenvalue weighted by Gasteiger charge is 2.34. The number of aromatic nitrogens is 1. The van der Waals surface area contributed by atoms with Crippen LogP contribution in [-0.2, 0) is 6.42 Å². The maximum Gasteiger partial charge on any atom is 0.283 e. The van der Waals surface area contributed by atoms with Gasteiger partial charge >= 0.3 is 0 Å². The predicted molar refractivity (Wildman–Crippen MR) is 91.7 cm³/mol. The van der Waals surface area contributed by atoms with Gasteiger partial charge in [0.1, 0.15) is 0 Å². The second-order valence-corrected chi connectivity index (χ2v) is 7.61. The lowest BCUT2D eigenvalue weighted by Crippen LogP contribution is -2.34. The van der Waals surface area contributed by atoms with Crippen molar-refractivity contribution in [1.29, 1.82) is 0 Å². The summed E-state index contributed by atoms with van der Waals surface area (Å²) in [6.07, 6.45) is 3.19. The predicted octanol–water partition coefficient (Wildman–Crippen LogP) is 4.21. The van der Waals surface area contributed by atoms with E-state index in [4.69, 9.17) is 0 Å². The molecule has 1 aliphatic rings. The van der Waals surface area contributed by atoms with Crippen LogP contribution in [0.3, 0.4) is 0 Å². The zero-order valence-electron chi connectivity index (χ0n) is 12.1. The minimum Gasteiger partial charge on any atom is -0.333 e. The second kappa shape index (κ2) is 5.82. The van der Waals surface area contributed by atoms with Gasteiger partial charge in [0.15, 0.2) is 5.01 Å². The fourth-order valence-corrected chi connectivity index (χ4v) is 4.23. The molecule has 1 fully saturated rings. The molecule has 112 valence electrons. The van der Waals surface area contributed by atoms with Gasteiger partial charge in [0, 0.05) is 17.5 Å². The number of amides is 1. The number of nitrogens with zero attached hydrogens (tertiary/aromatic N) is 2. The van der Waals surface area contributed by atoms with Gasteiger partial charge in [0.25, 0.3) is 5.91 Å². The van der Waals surface area contributed by atoms with Crippen molar-refractivity contribution in [2.45, 2.75) is 25.3 Å². The van der Waals surface area contributed by atoms with Gasteiger partial charge < -0.3 is 4.90 Å². The first kappa shape index (κ1) is 13.9. The molecule has 0 saturated heterocycles. The molecule has 0 atom stereocenters. The summed E-state index contributed by atoms with van der Waals surface area (Å²) < 4.78 is 1.08. The number of carbonyl (C=O) groups excluding carboxylic acids is 1. The molecule has 2 heterocycles. The molecule has 0 aliphatic heterocycles. The molecule has 3 nitrogen and oxygen atoms in total. The summed E-state index contributed by atoms with van der Waals surface area (Å²) >= 11 is 3.26. The quantitative estimate of drug-likeness (QED) is 0.703. The molecular weight excluding hydrogens is 312 g/mol. The second-order valence-electron chi connectivity index (χ2n) is 5.55. The highest BCUT2D eigenvalue weighted by atomic mass is 32.1. The smallest absolute Gasteiger partial charge is 0.283 e. The molecule has 22 heavy (non-hydrogen) atoms. The summed E-state index contributed by atoms with van der Waals surface area (Å²) in [5.41, 5.74) is 0.921. The molecule has 0 spiro atoms. The van der Waals surface area contributed by atoms with E-state index in [1.807, 2.05) is 29.2 Å². The maximum absolute atomic E-state index is 12.8. The third-order valence-electron chi connectivity index (χ3n) is 3.90. The standard InChI is InChI=1S/C17H16N2OS2/c20-17(16-18-14-5-1-2-6-15(14)22-16)19(12-7-8-12)10-9-13-4-3-11-21-13/h1-6,11-12H,7-10H2. The summed E-state index contributed by atoms with van der Waals surface area (Å²) in [6.45, 7) is 0.792.